The molecule has 14 heavy (non-hydrogen) atoms. The van der Waals surface area contributed by atoms with Crippen LogP contribution in [0.4, 0.5) is 0 Å². The molecular formula is C12H26N2. The van der Waals surface area contributed by atoms with Crippen molar-refractivity contribution in [2.24, 2.45) is 5.73 Å². The maximum Gasteiger partial charge on any atom is 0.0247 e. The quantitative estimate of drug-likeness (QED) is 0.680. The van der Waals surface area contributed by atoms with Crippen LogP contribution >= 0.6 is 0 Å². The maximum atomic E-state index is 6.24. The van der Waals surface area contributed by atoms with Crippen molar-refractivity contribution in [2.75, 3.05) is 6.54 Å². The molecule has 0 aliphatic heterocycles. The van der Waals surface area contributed by atoms with E-state index in [0.29, 0.717) is 12.1 Å². The molecule has 1 aliphatic carbocycles. The first-order valence-corrected chi connectivity index (χ1v) is 6.25. The van der Waals surface area contributed by atoms with Gasteiger partial charge in [-0.15, -0.1) is 0 Å². The van der Waals surface area contributed by atoms with Gasteiger partial charge in [0.2, 0.25) is 0 Å². The monoisotopic (exact) mass is 198 g/mol. The summed E-state index contributed by atoms with van der Waals surface area (Å²) in [5, 5.41) is 0. The predicted octanol–water partition coefficient (Wildman–Crippen LogP) is 2.38. The summed E-state index contributed by atoms with van der Waals surface area (Å²) >= 11 is 0. The molecule has 84 valence electrons. The molecule has 1 rings (SSSR count). The molecule has 2 N–H and O–H groups in total. The lowest BCUT2D eigenvalue weighted by Gasteiger charge is -2.34. The van der Waals surface area contributed by atoms with Crippen LogP contribution in [0.1, 0.15) is 52.9 Å². The largest absolute Gasteiger partial charge is 0.326 e. The van der Waals surface area contributed by atoms with Crippen molar-refractivity contribution in [3.05, 3.63) is 0 Å². The average molecular weight is 198 g/mol. The van der Waals surface area contributed by atoms with Crippen LogP contribution in [-0.2, 0) is 0 Å². The molecule has 0 spiro atoms. The van der Waals surface area contributed by atoms with Gasteiger partial charge in [0.1, 0.15) is 0 Å². The van der Waals surface area contributed by atoms with Crippen molar-refractivity contribution in [1.29, 1.82) is 0 Å². The Kier molecular flexibility index (Phi) is 4.90. The van der Waals surface area contributed by atoms with Crippen molar-refractivity contribution in [2.45, 2.75) is 71.0 Å². The van der Waals surface area contributed by atoms with Crippen molar-refractivity contribution in [3.8, 4) is 0 Å². The molecule has 0 radical (unpaired) electrons. The Bertz CT molecular complexity index is 154. The molecule has 2 unspecified atom stereocenters. The van der Waals surface area contributed by atoms with Crippen LogP contribution in [-0.4, -0.2) is 29.6 Å². The molecule has 0 aromatic rings. The zero-order chi connectivity index (χ0) is 10.6. The molecule has 0 heterocycles. The Hall–Kier alpha value is -0.0800. The van der Waals surface area contributed by atoms with Crippen LogP contribution in [0.2, 0.25) is 0 Å². The third-order valence-electron chi connectivity index (χ3n) is 3.34. The van der Waals surface area contributed by atoms with E-state index in [2.05, 4.69) is 25.7 Å². The minimum Gasteiger partial charge on any atom is -0.326 e. The molecule has 1 saturated carbocycles. The lowest BCUT2D eigenvalue weighted by atomic mass is 10.00. The topological polar surface area (TPSA) is 29.3 Å². The molecule has 0 saturated heterocycles. The van der Waals surface area contributed by atoms with Gasteiger partial charge >= 0.3 is 0 Å². The van der Waals surface area contributed by atoms with E-state index in [4.69, 9.17) is 5.73 Å². The summed E-state index contributed by atoms with van der Waals surface area (Å²) in [6.07, 6.45) is 6.36. The second-order valence-corrected chi connectivity index (χ2v) is 4.49. The standard InChI is InChI=1S/C12H26N2/c1-4-7-11(13)12(5-2)14(6-3)10-8-9-10/h10-12H,4-9,13H2,1-3H3. The van der Waals surface area contributed by atoms with E-state index in [1.54, 1.807) is 0 Å². The third-order valence-corrected chi connectivity index (χ3v) is 3.34. The van der Waals surface area contributed by atoms with E-state index >= 15 is 0 Å². The fourth-order valence-electron chi connectivity index (χ4n) is 2.48. The van der Waals surface area contributed by atoms with Gasteiger partial charge in [-0.05, 0) is 32.2 Å². The first-order valence-electron chi connectivity index (χ1n) is 6.25. The fourth-order valence-corrected chi connectivity index (χ4v) is 2.48. The Morgan fingerprint density at radius 3 is 2.29 bits per heavy atom. The first-order chi connectivity index (χ1) is 6.74. The summed E-state index contributed by atoms with van der Waals surface area (Å²) in [4.78, 5) is 2.63. The molecule has 0 amide bonds. The number of hydrogen-bond donors (Lipinski definition) is 1. The van der Waals surface area contributed by atoms with Crippen LogP contribution in [0.3, 0.4) is 0 Å². The smallest absolute Gasteiger partial charge is 0.0247 e. The molecule has 1 aliphatic rings. The van der Waals surface area contributed by atoms with Gasteiger partial charge in [-0.25, -0.2) is 0 Å². The Labute approximate surface area is 88.8 Å². The second-order valence-electron chi connectivity index (χ2n) is 4.49. The SMILES string of the molecule is CCCC(N)C(CC)N(CC)C1CC1. The zero-order valence-electron chi connectivity index (χ0n) is 10.00. The normalized spacial score (nSPS) is 21.2. The van der Waals surface area contributed by atoms with Crippen molar-refractivity contribution >= 4 is 0 Å². The van der Waals surface area contributed by atoms with E-state index in [1.165, 1.54) is 38.6 Å². The minimum absolute atomic E-state index is 0.380. The number of nitrogens with two attached hydrogens (primary N) is 1. The van der Waals surface area contributed by atoms with Gasteiger partial charge in [0.05, 0.1) is 0 Å². The summed E-state index contributed by atoms with van der Waals surface area (Å²) < 4.78 is 0. The van der Waals surface area contributed by atoms with Gasteiger partial charge in [0, 0.05) is 18.1 Å². The van der Waals surface area contributed by atoms with Gasteiger partial charge < -0.3 is 5.73 Å². The predicted molar refractivity (Wildman–Crippen MR) is 62.4 cm³/mol. The number of rotatable bonds is 7. The molecule has 2 heteroatoms. The summed E-state index contributed by atoms with van der Waals surface area (Å²) in [5.41, 5.74) is 6.24. The van der Waals surface area contributed by atoms with E-state index in [1.807, 2.05) is 0 Å². The molecule has 2 nitrogen and oxygen atoms in total. The summed E-state index contributed by atoms with van der Waals surface area (Å²) in [7, 11) is 0. The molecule has 0 aromatic heterocycles. The molecule has 2 atom stereocenters. The highest BCUT2D eigenvalue weighted by Crippen LogP contribution is 2.30. The lowest BCUT2D eigenvalue weighted by molar-refractivity contribution is 0.160. The molecule has 0 bridgehead atoms. The first kappa shape index (κ1) is 12.0. The highest BCUT2D eigenvalue weighted by Gasteiger charge is 2.34. The van der Waals surface area contributed by atoms with E-state index < -0.39 is 0 Å². The van der Waals surface area contributed by atoms with Crippen LogP contribution < -0.4 is 5.73 Å². The number of nitrogens with zero attached hydrogens (tertiary/aromatic N) is 1. The zero-order valence-corrected chi connectivity index (χ0v) is 10.00. The van der Waals surface area contributed by atoms with Crippen LogP contribution in [0.15, 0.2) is 0 Å². The van der Waals surface area contributed by atoms with E-state index in [9.17, 15) is 0 Å². The average Bonchev–Trinajstić information content (AvgIpc) is 2.97. The van der Waals surface area contributed by atoms with Gasteiger partial charge in [-0.2, -0.15) is 0 Å². The maximum absolute atomic E-state index is 6.24. The van der Waals surface area contributed by atoms with E-state index in [0.717, 1.165) is 6.04 Å². The van der Waals surface area contributed by atoms with Crippen LogP contribution in [0.25, 0.3) is 0 Å². The van der Waals surface area contributed by atoms with Crippen LogP contribution in [0, 0.1) is 0 Å². The number of hydrogen-bond acceptors (Lipinski definition) is 2. The Morgan fingerprint density at radius 1 is 1.29 bits per heavy atom. The van der Waals surface area contributed by atoms with Crippen molar-refractivity contribution < 1.29 is 0 Å². The Balaban J connectivity index is 2.48. The highest BCUT2D eigenvalue weighted by atomic mass is 15.2. The molecular weight excluding hydrogens is 172 g/mol. The van der Waals surface area contributed by atoms with Crippen molar-refractivity contribution in [1.82, 2.24) is 4.90 Å². The molecule has 0 aromatic carbocycles. The van der Waals surface area contributed by atoms with Gasteiger partial charge in [-0.1, -0.05) is 27.2 Å². The fraction of sp³-hybridized carbons (Fsp3) is 1.00. The Morgan fingerprint density at radius 2 is 1.93 bits per heavy atom. The summed E-state index contributed by atoms with van der Waals surface area (Å²) in [6, 6.07) is 1.85. The summed E-state index contributed by atoms with van der Waals surface area (Å²) in [6.45, 7) is 7.92. The van der Waals surface area contributed by atoms with Gasteiger partial charge in [0.25, 0.3) is 0 Å². The van der Waals surface area contributed by atoms with E-state index in [-0.39, 0.29) is 0 Å². The lowest BCUT2D eigenvalue weighted by Crippen LogP contribution is -2.48. The summed E-state index contributed by atoms with van der Waals surface area (Å²) in [5.74, 6) is 0. The minimum atomic E-state index is 0.380. The molecule has 1 fully saturated rings. The van der Waals surface area contributed by atoms with Gasteiger partial charge in [0.15, 0.2) is 0 Å². The highest BCUT2D eigenvalue weighted by molar-refractivity contribution is 4.91. The van der Waals surface area contributed by atoms with Crippen molar-refractivity contribution in [3.63, 3.8) is 0 Å². The third kappa shape index (κ3) is 2.96. The van der Waals surface area contributed by atoms with Gasteiger partial charge in [-0.3, -0.25) is 4.90 Å². The van der Waals surface area contributed by atoms with Crippen LogP contribution in [0.5, 0.6) is 0 Å². The number of likely N-dealkylation sites (N-methyl/N-ethyl adjacent to an activating group) is 1. The second kappa shape index (κ2) is 5.72.